The van der Waals surface area contributed by atoms with E-state index in [0.29, 0.717) is 18.1 Å². The summed E-state index contributed by atoms with van der Waals surface area (Å²) in [7, 11) is 0. The van der Waals surface area contributed by atoms with E-state index in [0.717, 1.165) is 21.3 Å². The van der Waals surface area contributed by atoms with Crippen molar-refractivity contribution in [3.8, 4) is 11.8 Å². The molecule has 0 unspecified atom stereocenters. The van der Waals surface area contributed by atoms with Crippen molar-refractivity contribution in [2.45, 2.75) is 12.5 Å². The van der Waals surface area contributed by atoms with Crippen LogP contribution >= 0.6 is 27.5 Å². The third-order valence-corrected chi connectivity index (χ3v) is 3.60. The summed E-state index contributed by atoms with van der Waals surface area (Å²) in [6.07, 6.45) is 0. The Balaban J connectivity index is 2.13. The molecule has 0 saturated carbocycles. The van der Waals surface area contributed by atoms with Crippen LogP contribution in [0.25, 0.3) is 0 Å². The lowest BCUT2D eigenvalue weighted by Crippen LogP contribution is -1.98. The summed E-state index contributed by atoms with van der Waals surface area (Å²) < 4.78 is 6.58. The number of alkyl halides is 1. The summed E-state index contributed by atoms with van der Waals surface area (Å²) in [4.78, 5) is 0. The summed E-state index contributed by atoms with van der Waals surface area (Å²) >= 11 is 9.21. The van der Waals surface area contributed by atoms with Gasteiger partial charge in [-0.3, -0.25) is 0 Å². The first-order valence-corrected chi connectivity index (χ1v) is 7.02. The van der Waals surface area contributed by atoms with Crippen LogP contribution in [0.1, 0.15) is 16.7 Å². The van der Waals surface area contributed by atoms with Gasteiger partial charge in [-0.1, -0.05) is 24.3 Å². The maximum absolute atomic E-state index is 9.01. The van der Waals surface area contributed by atoms with E-state index in [1.54, 1.807) is 6.07 Å². The van der Waals surface area contributed by atoms with Gasteiger partial charge >= 0.3 is 0 Å². The lowest BCUT2D eigenvalue weighted by Gasteiger charge is -2.10. The van der Waals surface area contributed by atoms with Gasteiger partial charge in [0.15, 0.2) is 0 Å². The van der Waals surface area contributed by atoms with E-state index in [4.69, 9.17) is 21.6 Å². The molecule has 0 atom stereocenters. The second-order valence-corrected chi connectivity index (χ2v) is 5.08. The minimum atomic E-state index is 0.364. The molecule has 0 radical (unpaired) electrons. The second kappa shape index (κ2) is 6.60. The highest BCUT2D eigenvalue weighted by molar-refractivity contribution is 9.10. The first-order valence-electron chi connectivity index (χ1n) is 5.70. The van der Waals surface area contributed by atoms with Crippen LogP contribution in [0.3, 0.4) is 0 Å². The number of rotatable bonds is 4. The van der Waals surface area contributed by atoms with Gasteiger partial charge in [0.1, 0.15) is 12.4 Å². The molecule has 0 saturated heterocycles. The fraction of sp³-hybridized carbons (Fsp3) is 0.133. The molecule has 96 valence electrons. The Kier molecular flexibility index (Phi) is 4.84. The van der Waals surface area contributed by atoms with Crippen LogP contribution < -0.4 is 4.74 Å². The highest BCUT2D eigenvalue weighted by Crippen LogP contribution is 2.27. The van der Waals surface area contributed by atoms with Crippen molar-refractivity contribution < 1.29 is 4.74 Å². The Labute approximate surface area is 125 Å². The van der Waals surface area contributed by atoms with Crippen LogP contribution in [0.15, 0.2) is 46.9 Å². The Morgan fingerprint density at radius 1 is 1.21 bits per heavy atom. The van der Waals surface area contributed by atoms with Crippen molar-refractivity contribution in [1.82, 2.24) is 0 Å². The zero-order valence-corrected chi connectivity index (χ0v) is 12.4. The molecule has 0 amide bonds. The molecule has 4 heteroatoms. The van der Waals surface area contributed by atoms with Gasteiger partial charge in [-0.15, -0.1) is 11.6 Å². The van der Waals surface area contributed by atoms with Crippen LogP contribution in [0.2, 0.25) is 0 Å². The lowest BCUT2D eigenvalue weighted by atomic mass is 10.1. The summed E-state index contributed by atoms with van der Waals surface area (Å²) in [5.74, 6) is 1.21. The SMILES string of the molecule is N#Cc1ccccc1COc1ccc(CCl)cc1Br. The number of nitrogens with zero attached hydrogens (tertiary/aromatic N) is 1. The van der Waals surface area contributed by atoms with Gasteiger partial charge in [0.05, 0.1) is 16.1 Å². The molecule has 2 rings (SSSR count). The standard InChI is InChI=1S/C15H11BrClNO/c16-14-7-11(8-17)5-6-15(14)19-10-13-4-2-1-3-12(13)9-18/h1-7H,8,10H2. The van der Waals surface area contributed by atoms with Gasteiger partial charge in [0.2, 0.25) is 0 Å². The Bertz CT molecular complexity index is 622. The highest BCUT2D eigenvalue weighted by atomic mass is 79.9. The maximum atomic E-state index is 9.01. The molecule has 0 aromatic heterocycles. The number of benzene rings is 2. The van der Waals surface area contributed by atoms with Gasteiger partial charge in [-0.25, -0.2) is 0 Å². The van der Waals surface area contributed by atoms with E-state index in [1.807, 2.05) is 36.4 Å². The molecule has 2 aromatic rings. The maximum Gasteiger partial charge on any atom is 0.134 e. The first-order chi connectivity index (χ1) is 9.24. The molecule has 0 aliphatic rings. The molecule has 2 aromatic carbocycles. The van der Waals surface area contributed by atoms with Crippen molar-refractivity contribution in [2.24, 2.45) is 0 Å². The minimum Gasteiger partial charge on any atom is -0.488 e. The number of halogens is 2. The second-order valence-electron chi connectivity index (χ2n) is 3.96. The summed E-state index contributed by atoms with van der Waals surface area (Å²) in [5.41, 5.74) is 2.53. The first kappa shape index (κ1) is 13.9. The third kappa shape index (κ3) is 3.50. The van der Waals surface area contributed by atoms with Crippen LogP contribution in [0, 0.1) is 11.3 Å². The van der Waals surface area contributed by atoms with Crippen LogP contribution in [0.4, 0.5) is 0 Å². The molecule has 19 heavy (non-hydrogen) atoms. The van der Waals surface area contributed by atoms with Crippen LogP contribution in [-0.2, 0) is 12.5 Å². The molecule has 0 aliphatic heterocycles. The molecule has 0 bridgehead atoms. The largest absolute Gasteiger partial charge is 0.488 e. The fourth-order valence-electron chi connectivity index (χ4n) is 1.66. The predicted molar refractivity (Wildman–Crippen MR) is 79.2 cm³/mol. The normalized spacial score (nSPS) is 9.95. The molecule has 0 spiro atoms. The minimum absolute atomic E-state index is 0.364. The Morgan fingerprint density at radius 3 is 2.68 bits per heavy atom. The Hall–Kier alpha value is -1.50. The van der Waals surface area contributed by atoms with Gasteiger partial charge < -0.3 is 4.74 Å². The monoisotopic (exact) mass is 335 g/mol. The van der Waals surface area contributed by atoms with E-state index in [-0.39, 0.29) is 0 Å². The third-order valence-electron chi connectivity index (χ3n) is 2.67. The number of ether oxygens (including phenoxy) is 1. The van der Waals surface area contributed by atoms with Gasteiger partial charge in [-0.2, -0.15) is 5.26 Å². The number of hydrogen-bond donors (Lipinski definition) is 0. The van der Waals surface area contributed by atoms with E-state index in [2.05, 4.69) is 22.0 Å². The molecule has 2 nitrogen and oxygen atoms in total. The molecular formula is C15H11BrClNO. The van der Waals surface area contributed by atoms with Crippen LogP contribution in [-0.4, -0.2) is 0 Å². The number of nitriles is 1. The van der Waals surface area contributed by atoms with E-state index in [1.165, 1.54) is 0 Å². The molecule has 0 aliphatic carbocycles. The summed E-state index contributed by atoms with van der Waals surface area (Å²) in [6, 6.07) is 15.3. The average molecular weight is 337 g/mol. The predicted octanol–water partition coefficient (Wildman–Crippen LogP) is 4.64. The zero-order chi connectivity index (χ0) is 13.7. The van der Waals surface area contributed by atoms with Crippen molar-refractivity contribution in [3.63, 3.8) is 0 Å². The lowest BCUT2D eigenvalue weighted by molar-refractivity contribution is 0.304. The van der Waals surface area contributed by atoms with Crippen molar-refractivity contribution in [2.75, 3.05) is 0 Å². The Morgan fingerprint density at radius 2 is 2.00 bits per heavy atom. The summed E-state index contributed by atoms with van der Waals surface area (Å²) in [5, 5.41) is 9.01. The van der Waals surface area contributed by atoms with E-state index >= 15 is 0 Å². The van der Waals surface area contributed by atoms with Crippen molar-refractivity contribution >= 4 is 27.5 Å². The van der Waals surface area contributed by atoms with Crippen molar-refractivity contribution in [1.29, 1.82) is 5.26 Å². The fourth-order valence-corrected chi connectivity index (χ4v) is 2.36. The van der Waals surface area contributed by atoms with Gasteiger partial charge in [-0.05, 0) is 39.7 Å². The smallest absolute Gasteiger partial charge is 0.134 e. The zero-order valence-electron chi connectivity index (χ0n) is 10.1. The van der Waals surface area contributed by atoms with Gasteiger partial charge in [0.25, 0.3) is 0 Å². The van der Waals surface area contributed by atoms with E-state index < -0.39 is 0 Å². The molecule has 0 N–H and O–H groups in total. The molecule has 0 fully saturated rings. The van der Waals surface area contributed by atoms with E-state index in [9.17, 15) is 0 Å². The number of hydrogen-bond acceptors (Lipinski definition) is 2. The van der Waals surface area contributed by atoms with Gasteiger partial charge in [0, 0.05) is 11.4 Å². The molecular weight excluding hydrogens is 326 g/mol. The quantitative estimate of drug-likeness (QED) is 0.762. The summed E-state index contributed by atoms with van der Waals surface area (Å²) in [6.45, 7) is 0.364. The van der Waals surface area contributed by atoms with Crippen LogP contribution in [0.5, 0.6) is 5.75 Å². The molecule has 0 heterocycles. The highest BCUT2D eigenvalue weighted by Gasteiger charge is 2.05. The topological polar surface area (TPSA) is 33.0 Å². The van der Waals surface area contributed by atoms with Crippen molar-refractivity contribution in [3.05, 3.63) is 63.6 Å². The average Bonchev–Trinajstić information content (AvgIpc) is 2.46.